The van der Waals surface area contributed by atoms with Gasteiger partial charge in [0, 0.05) is 12.5 Å². The maximum atomic E-state index is 11.0. The van der Waals surface area contributed by atoms with E-state index in [2.05, 4.69) is 9.97 Å². The third-order valence-corrected chi connectivity index (χ3v) is 2.80. The zero-order valence-electron chi connectivity index (χ0n) is 9.36. The summed E-state index contributed by atoms with van der Waals surface area (Å²) in [5.74, 6) is -0.0537. The number of hydrogen-bond donors (Lipinski definition) is 1. The van der Waals surface area contributed by atoms with Gasteiger partial charge in [-0.3, -0.25) is 0 Å². The largest absolute Gasteiger partial charge is 0.478 e. The van der Waals surface area contributed by atoms with Crippen LogP contribution in [0.4, 0.5) is 0 Å². The Balaban J connectivity index is 2.40. The Bertz CT molecular complexity index is 402. The number of rotatable bonds is 2. The van der Waals surface area contributed by atoms with Gasteiger partial charge in [0.1, 0.15) is 11.4 Å². The van der Waals surface area contributed by atoms with Crippen LogP contribution in [0.1, 0.15) is 39.9 Å². The molecule has 1 aromatic heterocycles. The van der Waals surface area contributed by atoms with E-state index >= 15 is 0 Å². The van der Waals surface area contributed by atoms with Crippen molar-refractivity contribution in [3.8, 4) is 0 Å². The highest BCUT2D eigenvalue weighted by atomic mass is 16.5. The summed E-state index contributed by atoms with van der Waals surface area (Å²) in [6.07, 6.45) is 0.908. The second-order valence-electron chi connectivity index (χ2n) is 3.99. The summed E-state index contributed by atoms with van der Waals surface area (Å²) < 4.78 is 5.27. The van der Waals surface area contributed by atoms with Crippen molar-refractivity contribution in [2.75, 3.05) is 13.2 Å². The predicted molar refractivity (Wildman–Crippen MR) is 56.6 cm³/mol. The van der Waals surface area contributed by atoms with Crippen LogP contribution in [0.2, 0.25) is 0 Å². The first-order chi connectivity index (χ1) is 7.59. The number of carbonyl (C=O) groups is 1. The molecule has 0 saturated carbocycles. The molecule has 1 aromatic rings. The molecule has 0 bridgehead atoms. The number of aromatic carboxylic acids is 1. The molecular formula is C11H14N2O3. The molecule has 1 atom stereocenters. The van der Waals surface area contributed by atoms with Gasteiger partial charge < -0.3 is 9.84 Å². The smallest absolute Gasteiger partial charge is 0.339 e. The average Bonchev–Trinajstić information content (AvgIpc) is 2.67. The fourth-order valence-electron chi connectivity index (χ4n) is 1.97. The van der Waals surface area contributed by atoms with Gasteiger partial charge in [-0.05, 0) is 20.3 Å². The molecule has 5 heteroatoms. The molecule has 0 aliphatic carbocycles. The molecule has 0 amide bonds. The minimum absolute atomic E-state index is 0.209. The molecule has 2 heterocycles. The van der Waals surface area contributed by atoms with Crippen molar-refractivity contribution in [1.82, 2.24) is 9.97 Å². The summed E-state index contributed by atoms with van der Waals surface area (Å²) in [7, 11) is 0. The van der Waals surface area contributed by atoms with Gasteiger partial charge in [0.2, 0.25) is 0 Å². The van der Waals surface area contributed by atoms with Gasteiger partial charge in [0.05, 0.1) is 18.0 Å². The van der Waals surface area contributed by atoms with E-state index in [-0.39, 0.29) is 11.5 Å². The lowest BCUT2D eigenvalue weighted by Crippen LogP contribution is -2.13. The lowest BCUT2D eigenvalue weighted by atomic mass is 10.1. The van der Waals surface area contributed by atoms with Crippen LogP contribution in [-0.2, 0) is 4.74 Å². The fourth-order valence-corrected chi connectivity index (χ4v) is 1.97. The first-order valence-electron chi connectivity index (χ1n) is 5.25. The molecule has 1 fully saturated rings. The predicted octanol–water partition coefficient (Wildman–Crippen LogP) is 1.30. The Morgan fingerprint density at radius 3 is 2.44 bits per heavy atom. The number of carboxylic acid groups (broad SMARTS) is 1. The van der Waals surface area contributed by atoms with Crippen molar-refractivity contribution in [3.63, 3.8) is 0 Å². The maximum absolute atomic E-state index is 11.0. The molecule has 1 unspecified atom stereocenters. The van der Waals surface area contributed by atoms with Gasteiger partial charge in [-0.1, -0.05) is 0 Å². The van der Waals surface area contributed by atoms with Crippen LogP contribution in [0.15, 0.2) is 0 Å². The van der Waals surface area contributed by atoms with Crippen molar-refractivity contribution in [2.45, 2.75) is 26.2 Å². The van der Waals surface area contributed by atoms with Crippen molar-refractivity contribution in [3.05, 3.63) is 22.8 Å². The number of aryl methyl sites for hydroxylation is 2. The minimum atomic E-state index is -0.968. The van der Waals surface area contributed by atoms with E-state index in [1.165, 1.54) is 0 Å². The van der Waals surface area contributed by atoms with Crippen LogP contribution in [0.3, 0.4) is 0 Å². The van der Waals surface area contributed by atoms with E-state index in [4.69, 9.17) is 9.84 Å². The molecule has 0 radical (unpaired) electrons. The van der Waals surface area contributed by atoms with Gasteiger partial charge in [0.15, 0.2) is 0 Å². The first-order valence-corrected chi connectivity index (χ1v) is 5.25. The highest BCUT2D eigenvalue weighted by molar-refractivity contribution is 5.89. The number of carboxylic acids is 1. The van der Waals surface area contributed by atoms with Crippen molar-refractivity contribution in [2.24, 2.45) is 0 Å². The minimum Gasteiger partial charge on any atom is -0.478 e. The zero-order chi connectivity index (χ0) is 11.7. The van der Waals surface area contributed by atoms with Crippen LogP contribution in [0, 0.1) is 13.8 Å². The van der Waals surface area contributed by atoms with Crippen molar-refractivity contribution in [1.29, 1.82) is 0 Å². The molecule has 2 rings (SSSR count). The van der Waals surface area contributed by atoms with Crippen LogP contribution in [0.25, 0.3) is 0 Å². The van der Waals surface area contributed by atoms with Crippen molar-refractivity contribution >= 4 is 5.97 Å². The van der Waals surface area contributed by atoms with E-state index in [1.807, 2.05) is 0 Å². The molecule has 1 aliphatic heterocycles. The quantitative estimate of drug-likeness (QED) is 0.816. The monoisotopic (exact) mass is 222 g/mol. The van der Waals surface area contributed by atoms with Gasteiger partial charge in [-0.2, -0.15) is 0 Å². The van der Waals surface area contributed by atoms with Crippen LogP contribution in [0.5, 0.6) is 0 Å². The molecule has 1 saturated heterocycles. The molecule has 5 nitrogen and oxygen atoms in total. The van der Waals surface area contributed by atoms with Gasteiger partial charge in [-0.25, -0.2) is 14.8 Å². The Morgan fingerprint density at radius 2 is 2.00 bits per heavy atom. The topological polar surface area (TPSA) is 72.3 Å². The Kier molecular flexibility index (Phi) is 2.87. The number of nitrogens with zero attached hydrogens (tertiary/aromatic N) is 2. The van der Waals surface area contributed by atoms with E-state index in [1.54, 1.807) is 13.8 Å². The lowest BCUT2D eigenvalue weighted by molar-refractivity contribution is 0.0694. The van der Waals surface area contributed by atoms with Gasteiger partial charge in [-0.15, -0.1) is 0 Å². The third-order valence-electron chi connectivity index (χ3n) is 2.80. The second kappa shape index (κ2) is 4.17. The van der Waals surface area contributed by atoms with Crippen LogP contribution in [-0.4, -0.2) is 34.3 Å². The molecule has 16 heavy (non-hydrogen) atoms. The first kappa shape index (κ1) is 11.0. The summed E-state index contributed by atoms with van der Waals surface area (Å²) in [6, 6.07) is 0. The summed E-state index contributed by atoms with van der Waals surface area (Å²) in [6.45, 7) is 4.77. The number of aromatic nitrogens is 2. The van der Waals surface area contributed by atoms with E-state index in [0.29, 0.717) is 23.8 Å². The highest BCUT2D eigenvalue weighted by Gasteiger charge is 2.23. The summed E-state index contributed by atoms with van der Waals surface area (Å²) >= 11 is 0. The van der Waals surface area contributed by atoms with Crippen LogP contribution < -0.4 is 0 Å². The van der Waals surface area contributed by atoms with E-state index < -0.39 is 5.97 Å². The molecule has 1 aliphatic rings. The Hall–Kier alpha value is -1.49. The highest BCUT2D eigenvalue weighted by Crippen LogP contribution is 2.23. The Labute approximate surface area is 93.5 Å². The summed E-state index contributed by atoms with van der Waals surface area (Å²) in [5, 5.41) is 9.00. The van der Waals surface area contributed by atoms with Crippen molar-refractivity contribution < 1.29 is 14.6 Å². The van der Waals surface area contributed by atoms with Crippen LogP contribution >= 0.6 is 0 Å². The number of ether oxygens (including phenoxy) is 1. The molecular weight excluding hydrogens is 208 g/mol. The molecule has 1 N–H and O–H groups in total. The fraction of sp³-hybridized carbons (Fsp3) is 0.545. The normalized spacial score (nSPS) is 20.0. The number of hydrogen-bond acceptors (Lipinski definition) is 4. The van der Waals surface area contributed by atoms with Gasteiger partial charge in [0.25, 0.3) is 0 Å². The second-order valence-corrected chi connectivity index (χ2v) is 3.99. The molecule has 86 valence electrons. The standard InChI is InChI=1S/C11H14N2O3/c1-6-9(11(14)15)7(2)13-10(12-6)8-3-4-16-5-8/h8H,3-5H2,1-2H3,(H,14,15). The maximum Gasteiger partial charge on any atom is 0.339 e. The average molecular weight is 222 g/mol. The van der Waals surface area contributed by atoms with Gasteiger partial charge >= 0.3 is 5.97 Å². The SMILES string of the molecule is Cc1nc(C2CCOC2)nc(C)c1C(=O)O. The summed E-state index contributed by atoms with van der Waals surface area (Å²) in [5.41, 5.74) is 1.27. The zero-order valence-corrected chi connectivity index (χ0v) is 9.36. The summed E-state index contributed by atoms with van der Waals surface area (Å²) in [4.78, 5) is 19.5. The Morgan fingerprint density at radius 1 is 1.38 bits per heavy atom. The molecule has 0 spiro atoms. The van der Waals surface area contributed by atoms with E-state index in [9.17, 15) is 4.79 Å². The van der Waals surface area contributed by atoms with E-state index in [0.717, 1.165) is 13.0 Å². The lowest BCUT2D eigenvalue weighted by Gasteiger charge is -2.10. The third kappa shape index (κ3) is 1.90. The molecule has 0 aromatic carbocycles.